The highest BCUT2D eigenvalue weighted by Crippen LogP contribution is 2.33. The third-order valence-corrected chi connectivity index (χ3v) is 5.54. The zero-order valence-electron chi connectivity index (χ0n) is 15.7. The molecule has 7 nitrogen and oxygen atoms in total. The first kappa shape index (κ1) is 21.4. The molecule has 2 aliphatic heterocycles. The summed E-state index contributed by atoms with van der Waals surface area (Å²) in [5.74, 6) is -0.397. The summed E-state index contributed by atoms with van der Waals surface area (Å²) in [6.45, 7) is 4.66. The van der Waals surface area contributed by atoms with E-state index < -0.39 is 17.1 Å². The van der Waals surface area contributed by atoms with Gasteiger partial charge in [-0.25, -0.2) is 0 Å². The van der Waals surface area contributed by atoms with E-state index in [0.29, 0.717) is 36.1 Å². The van der Waals surface area contributed by atoms with Gasteiger partial charge >= 0.3 is 0 Å². The summed E-state index contributed by atoms with van der Waals surface area (Å²) in [4.78, 5) is 38.0. The number of hydrogen-bond donors (Lipinski definition) is 1. The number of rotatable bonds is 8. The number of thioether (sulfide) groups is 1. The number of halogens is 1. The van der Waals surface area contributed by atoms with E-state index in [1.165, 1.54) is 0 Å². The number of nitrogens with one attached hydrogen (secondary N) is 1. The fourth-order valence-corrected chi connectivity index (χ4v) is 3.97. The Kier molecular flexibility index (Phi) is 7.35. The lowest BCUT2D eigenvalue weighted by atomic mass is 10.2. The van der Waals surface area contributed by atoms with Crippen LogP contribution in [-0.4, -0.2) is 54.4 Å². The molecule has 3 rings (SSSR count). The van der Waals surface area contributed by atoms with Crippen molar-refractivity contribution < 1.29 is 23.9 Å². The van der Waals surface area contributed by atoms with Gasteiger partial charge in [0.1, 0.15) is 18.9 Å². The fourth-order valence-electron chi connectivity index (χ4n) is 2.89. The smallest absolute Gasteiger partial charge is 0.294 e. The zero-order valence-corrected chi connectivity index (χ0v) is 17.3. The van der Waals surface area contributed by atoms with Crippen molar-refractivity contribution in [3.8, 4) is 5.75 Å². The third kappa shape index (κ3) is 5.62. The minimum absolute atomic E-state index is 0.00283. The number of nitrogens with zero attached hydrogens (tertiary/aromatic N) is 1. The maximum Gasteiger partial charge on any atom is 0.294 e. The maximum absolute atomic E-state index is 12.6. The van der Waals surface area contributed by atoms with Gasteiger partial charge in [0.2, 0.25) is 5.91 Å². The van der Waals surface area contributed by atoms with Crippen LogP contribution in [-0.2, 0) is 14.3 Å². The molecule has 154 valence electrons. The lowest BCUT2D eigenvalue weighted by Gasteiger charge is -2.14. The number of carbonyl (C=O) groups is 3. The van der Waals surface area contributed by atoms with Crippen LogP contribution in [0.5, 0.6) is 5.75 Å². The second-order valence-electron chi connectivity index (χ2n) is 6.50. The fraction of sp³-hybridized carbons (Fsp3) is 0.350. The molecule has 1 aromatic carbocycles. The minimum atomic E-state index is -0.504. The average molecular weight is 437 g/mol. The number of imide groups is 1. The predicted molar refractivity (Wildman–Crippen MR) is 112 cm³/mol. The van der Waals surface area contributed by atoms with Crippen LogP contribution in [0.3, 0.4) is 0 Å². The van der Waals surface area contributed by atoms with Gasteiger partial charge < -0.3 is 14.8 Å². The minimum Gasteiger partial charge on any atom is -0.488 e. The Morgan fingerprint density at radius 3 is 2.97 bits per heavy atom. The van der Waals surface area contributed by atoms with E-state index in [1.54, 1.807) is 30.4 Å². The van der Waals surface area contributed by atoms with E-state index in [1.807, 2.05) is 0 Å². The Labute approximate surface area is 178 Å². The van der Waals surface area contributed by atoms with Gasteiger partial charge in [-0.1, -0.05) is 30.3 Å². The molecular formula is C20H21ClN2O5S. The van der Waals surface area contributed by atoms with E-state index in [9.17, 15) is 14.4 Å². The third-order valence-electron chi connectivity index (χ3n) is 4.34. The van der Waals surface area contributed by atoms with Crippen LogP contribution in [0, 0.1) is 0 Å². The Bertz CT molecular complexity index is 851. The van der Waals surface area contributed by atoms with Gasteiger partial charge in [-0.2, -0.15) is 0 Å². The molecule has 0 aliphatic carbocycles. The molecule has 0 radical (unpaired) electrons. The van der Waals surface area contributed by atoms with Gasteiger partial charge in [-0.05, 0) is 48.4 Å². The summed E-state index contributed by atoms with van der Waals surface area (Å²) in [6.07, 6.45) is 5.04. The summed E-state index contributed by atoms with van der Waals surface area (Å²) in [7, 11) is 0. The molecule has 29 heavy (non-hydrogen) atoms. The van der Waals surface area contributed by atoms with Crippen molar-refractivity contribution in [2.75, 3.05) is 26.3 Å². The molecule has 0 bridgehead atoms. The highest BCUT2D eigenvalue weighted by Gasteiger charge is 2.36. The van der Waals surface area contributed by atoms with Crippen molar-refractivity contribution in [3.05, 3.63) is 46.3 Å². The van der Waals surface area contributed by atoms with Gasteiger partial charge in [0.05, 0.1) is 16.0 Å². The van der Waals surface area contributed by atoms with Crippen LogP contribution in [0.2, 0.25) is 5.02 Å². The zero-order chi connectivity index (χ0) is 20.8. The quantitative estimate of drug-likeness (QED) is 0.497. The summed E-state index contributed by atoms with van der Waals surface area (Å²) in [5, 5.41) is 2.61. The molecule has 0 aromatic heterocycles. The van der Waals surface area contributed by atoms with Gasteiger partial charge in [0.25, 0.3) is 11.1 Å². The molecule has 9 heteroatoms. The van der Waals surface area contributed by atoms with Gasteiger partial charge in [-0.3, -0.25) is 19.3 Å². The molecule has 2 heterocycles. The van der Waals surface area contributed by atoms with Crippen molar-refractivity contribution in [2.45, 2.75) is 18.9 Å². The predicted octanol–water partition coefficient (Wildman–Crippen LogP) is 3.24. The SMILES string of the molecule is C=CCOc1ccc(/C=C2\SC(=O)N(CC(=O)NC[C@@H]3CCCO3)C2=O)cc1Cl. The molecular weight excluding hydrogens is 416 g/mol. The first-order valence-electron chi connectivity index (χ1n) is 9.15. The first-order valence-corrected chi connectivity index (χ1v) is 10.3. The van der Waals surface area contributed by atoms with Crippen molar-refractivity contribution in [1.82, 2.24) is 10.2 Å². The molecule has 2 fully saturated rings. The van der Waals surface area contributed by atoms with E-state index >= 15 is 0 Å². The highest BCUT2D eigenvalue weighted by molar-refractivity contribution is 8.18. The molecule has 1 N–H and O–H groups in total. The van der Waals surface area contributed by atoms with Gasteiger partial charge in [0, 0.05) is 13.2 Å². The normalized spacial score (nSPS) is 20.4. The molecule has 1 aromatic rings. The topological polar surface area (TPSA) is 84.9 Å². The largest absolute Gasteiger partial charge is 0.488 e. The molecule has 2 aliphatic rings. The average Bonchev–Trinajstić information content (AvgIpc) is 3.30. The number of amides is 3. The van der Waals surface area contributed by atoms with Crippen LogP contribution in [0.1, 0.15) is 18.4 Å². The van der Waals surface area contributed by atoms with Crippen LogP contribution in [0.15, 0.2) is 35.8 Å². The molecule has 0 unspecified atom stereocenters. The summed E-state index contributed by atoms with van der Waals surface area (Å²) in [5.41, 5.74) is 0.647. The number of hydrogen-bond acceptors (Lipinski definition) is 6. The molecule has 0 saturated carbocycles. The summed E-state index contributed by atoms with van der Waals surface area (Å²) >= 11 is 6.97. The van der Waals surface area contributed by atoms with E-state index in [2.05, 4.69) is 11.9 Å². The Hall–Kier alpha value is -2.29. The lowest BCUT2D eigenvalue weighted by molar-refractivity contribution is -0.129. The number of ether oxygens (including phenoxy) is 2. The molecule has 3 amide bonds. The van der Waals surface area contributed by atoms with Gasteiger partial charge in [-0.15, -0.1) is 0 Å². The van der Waals surface area contributed by atoms with Crippen LogP contribution < -0.4 is 10.1 Å². The van der Waals surface area contributed by atoms with E-state index in [4.69, 9.17) is 21.1 Å². The molecule has 2 saturated heterocycles. The van der Waals surface area contributed by atoms with Gasteiger partial charge in [0.15, 0.2) is 0 Å². The Morgan fingerprint density at radius 2 is 2.28 bits per heavy atom. The van der Waals surface area contributed by atoms with Crippen molar-refractivity contribution in [2.24, 2.45) is 0 Å². The Balaban J connectivity index is 1.61. The van der Waals surface area contributed by atoms with Crippen LogP contribution in [0.25, 0.3) is 6.08 Å². The Morgan fingerprint density at radius 1 is 1.45 bits per heavy atom. The van der Waals surface area contributed by atoms with Crippen molar-refractivity contribution in [3.63, 3.8) is 0 Å². The highest BCUT2D eigenvalue weighted by atomic mass is 35.5. The summed E-state index contributed by atoms with van der Waals surface area (Å²) in [6, 6.07) is 5.05. The van der Waals surface area contributed by atoms with Crippen LogP contribution >= 0.6 is 23.4 Å². The first-order chi connectivity index (χ1) is 14.0. The molecule has 1 atom stereocenters. The van der Waals surface area contributed by atoms with E-state index in [0.717, 1.165) is 29.5 Å². The van der Waals surface area contributed by atoms with Crippen molar-refractivity contribution in [1.29, 1.82) is 0 Å². The maximum atomic E-state index is 12.6. The second-order valence-corrected chi connectivity index (χ2v) is 7.90. The monoisotopic (exact) mass is 436 g/mol. The number of carbonyl (C=O) groups excluding carboxylic acids is 3. The number of benzene rings is 1. The second kappa shape index (κ2) is 9.96. The molecule has 0 spiro atoms. The lowest BCUT2D eigenvalue weighted by Crippen LogP contribution is -2.41. The standard InChI is InChI=1S/C20H21ClN2O5S/c1-2-7-28-16-6-5-13(9-15(16)21)10-17-19(25)23(20(26)29-17)12-18(24)22-11-14-4-3-8-27-14/h2,5-6,9-10,14H,1,3-4,7-8,11-12H2,(H,22,24)/b17-10-/t14-/m0/s1. The van der Waals surface area contributed by atoms with Crippen molar-refractivity contribution >= 4 is 46.5 Å². The van der Waals surface area contributed by atoms with E-state index in [-0.39, 0.29) is 17.6 Å². The van der Waals surface area contributed by atoms with Crippen LogP contribution in [0.4, 0.5) is 4.79 Å². The summed E-state index contributed by atoms with van der Waals surface area (Å²) < 4.78 is 10.8.